The second-order valence-corrected chi connectivity index (χ2v) is 12.9. The predicted molar refractivity (Wildman–Crippen MR) is 161 cm³/mol. The minimum atomic E-state index is -1.36. The average molecular weight is 644 g/mol. The first kappa shape index (κ1) is 30.3. The van der Waals surface area contributed by atoms with Gasteiger partial charge < -0.3 is 15.4 Å². The number of alkyl halides is 2. The van der Waals surface area contributed by atoms with E-state index in [-0.39, 0.29) is 10.6 Å². The number of ether oxygens (including phenoxy) is 1. The number of hydrogen-bond donors (Lipinski definition) is 3. The summed E-state index contributed by atoms with van der Waals surface area (Å²) in [7, 11) is 0. The summed E-state index contributed by atoms with van der Waals surface area (Å²) in [5, 5.41) is 9.07. The standard InChI is InChI=1S/C28H24Cl5N3O4/c1-27(2,3)40-26(39)36-18-6-4-5-17(12-18)34-24(37)20-13-19(7-8-21(20)31)35-25(38)23-22(28(23,32)33)14-9-15(29)11-16(30)10-14/h4-13,22-23H,1-3H3,(H,34,37)(H,35,38)(H,36,39)/t22-,23+/m0/s1. The second kappa shape index (κ2) is 11.7. The SMILES string of the molecule is CC(C)(C)OC(=O)Nc1cccc(NC(=O)c2cc(NC(=O)[C@H]3[C@H](c4cc(Cl)cc(Cl)c4)C3(Cl)Cl)ccc2Cl)c1. The van der Waals surface area contributed by atoms with Crippen LogP contribution < -0.4 is 16.0 Å². The lowest BCUT2D eigenvalue weighted by Crippen LogP contribution is -2.27. The lowest BCUT2D eigenvalue weighted by atomic mass is 10.1. The van der Waals surface area contributed by atoms with Gasteiger partial charge in [0.05, 0.1) is 16.5 Å². The van der Waals surface area contributed by atoms with E-state index in [2.05, 4.69) is 16.0 Å². The molecule has 4 rings (SSSR count). The van der Waals surface area contributed by atoms with Crippen molar-refractivity contribution in [3.05, 3.63) is 86.9 Å². The summed E-state index contributed by atoms with van der Waals surface area (Å²) in [5.41, 5.74) is 1.23. The monoisotopic (exact) mass is 641 g/mol. The number of amides is 3. The maximum Gasteiger partial charge on any atom is 0.412 e. The fraction of sp³-hybridized carbons (Fsp3) is 0.250. The minimum Gasteiger partial charge on any atom is -0.444 e. The Morgan fingerprint density at radius 3 is 2.02 bits per heavy atom. The molecule has 3 aromatic rings. The molecule has 3 N–H and O–H groups in total. The van der Waals surface area contributed by atoms with Crippen molar-refractivity contribution in [3.63, 3.8) is 0 Å². The number of carbonyl (C=O) groups excluding carboxylic acids is 3. The highest BCUT2D eigenvalue weighted by Crippen LogP contribution is 2.65. The van der Waals surface area contributed by atoms with Gasteiger partial charge in [-0.05, 0) is 80.9 Å². The van der Waals surface area contributed by atoms with Gasteiger partial charge in [0, 0.05) is 33.0 Å². The molecule has 0 radical (unpaired) electrons. The number of carbonyl (C=O) groups is 3. The molecule has 0 heterocycles. The van der Waals surface area contributed by atoms with Gasteiger partial charge in [-0.1, -0.05) is 40.9 Å². The number of hydrogen-bond acceptors (Lipinski definition) is 4. The van der Waals surface area contributed by atoms with Crippen LogP contribution in [0.5, 0.6) is 0 Å². The molecular weight excluding hydrogens is 620 g/mol. The van der Waals surface area contributed by atoms with Crippen LogP contribution in [0.3, 0.4) is 0 Å². The lowest BCUT2D eigenvalue weighted by Gasteiger charge is -2.19. The summed E-state index contributed by atoms with van der Waals surface area (Å²) in [6, 6.07) is 15.9. The van der Waals surface area contributed by atoms with E-state index in [1.807, 2.05) is 0 Å². The quantitative estimate of drug-likeness (QED) is 0.234. The zero-order valence-electron chi connectivity index (χ0n) is 21.5. The minimum absolute atomic E-state index is 0.113. The first-order chi connectivity index (χ1) is 18.6. The molecule has 0 aromatic heterocycles. The Labute approximate surface area is 256 Å². The highest BCUT2D eigenvalue weighted by atomic mass is 35.5. The Morgan fingerprint density at radius 2 is 1.40 bits per heavy atom. The van der Waals surface area contributed by atoms with Crippen LogP contribution in [0.1, 0.15) is 42.6 Å². The first-order valence-corrected chi connectivity index (χ1v) is 13.9. The third-order valence-electron chi connectivity index (χ3n) is 5.82. The van der Waals surface area contributed by atoms with E-state index in [0.717, 1.165) is 0 Å². The van der Waals surface area contributed by atoms with Gasteiger partial charge in [-0.3, -0.25) is 14.9 Å². The molecule has 210 valence electrons. The average Bonchev–Trinajstić information content (AvgIpc) is 3.40. The zero-order chi connectivity index (χ0) is 29.4. The number of nitrogens with one attached hydrogen (secondary N) is 3. The Morgan fingerprint density at radius 1 is 0.800 bits per heavy atom. The fourth-order valence-electron chi connectivity index (χ4n) is 4.11. The summed E-state index contributed by atoms with van der Waals surface area (Å²) in [5.74, 6) is -2.28. The van der Waals surface area contributed by atoms with E-state index < -0.39 is 39.7 Å². The Hall–Kier alpha value is -2.68. The zero-order valence-corrected chi connectivity index (χ0v) is 25.2. The van der Waals surface area contributed by atoms with Crippen molar-refractivity contribution >= 4 is 93.0 Å². The summed E-state index contributed by atoms with van der Waals surface area (Å²) < 4.78 is 3.89. The van der Waals surface area contributed by atoms with Gasteiger partial charge in [-0.25, -0.2) is 4.79 Å². The molecule has 12 heteroatoms. The Bertz CT molecular complexity index is 1470. The maximum absolute atomic E-state index is 13.1. The van der Waals surface area contributed by atoms with Gasteiger partial charge in [0.15, 0.2) is 0 Å². The van der Waals surface area contributed by atoms with Crippen LogP contribution in [-0.4, -0.2) is 27.8 Å². The van der Waals surface area contributed by atoms with Gasteiger partial charge in [0.1, 0.15) is 9.93 Å². The molecule has 40 heavy (non-hydrogen) atoms. The Kier molecular flexibility index (Phi) is 8.83. The van der Waals surface area contributed by atoms with Gasteiger partial charge >= 0.3 is 6.09 Å². The van der Waals surface area contributed by atoms with Gasteiger partial charge in [-0.15, -0.1) is 23.2 Å². The smallest absolute Gasteiger partial charge is 0.412 e. The first-order valence-electron chi connectivity index (χ1n) is 12.0. The van der Waals surface area contributed by atoms with Crippen LogP contribution in [0.25, 0.3) is 0 Å². The molecule has 7 nitrogen and oxygen atoms in total. The number of halogens is 5. The number of rotatable bonds is 6. The van der Waals surface area contributed by atoms with Crippen LogP contribution in [0, 0.1) is 5.92 Å². The van der Waals surface area contributed by atoms with Crippen LogP contribution in [0.4, 0.5) is 21.9 Å². The van der Waals surface area contributed by atoms with Crippen LogP contribution in [0.2, 0.25) is 15.1 Å². The van der Waals surface area contributed by atoms with Crippen molar-refractivity contribution in [1.29, 1.82) is 0 Å². The van der Waals surface area contributed by atoms with Crippen molar-refractivity contribution < 1.29 is 19.1 Å². The molecule has 3 aromatic carbocycles. The predicted octanol–water partition coefficient (Wildman–Crippen LogP) is 8.77. The summed E-state index contributed by atoms with van der Waals surface area (Å²) in [6.45, 7) is 5.26. The van der Waals surface area contributed by atoms with Crippen molar-refractivity contribution in [2.24, 2.45) is 5.92 Å². The van der Waals surface area contributed by atoms with Gasteiger partial charge in [0.25, 0.3) is 5.91 Å². The van der Waals surface area contributed by atoms with E-state index in [9.17, 15) is 14.4 Å². The molecule has 0 aliphatic heterocycles. The van der Waals surface area contributed by atoms with E-state index >= 15 is 0 Å². The highest BCUT2D eigenvalue weighted by Gasteiger charge is 2.67. The molecule has 1 fully saturated rings. The second-order valence-electron chi connectivity index (χ2n) is 10.2. The molecule has 0 spiro atoms. The molecular formula is C28H24Cl5N3O4. The largest absolute Gasteiger partial charge is 0.444 e. The molecule has 1 aliphatic rings. The van der Waals surface area contributed by atoms with Crippen LogP contribution >= 0.6 is 58.0 Å². The molecule has 0 unspecified atom stereocenters. The van der Waals surface area contributed by atoms with Crippen molar-refractivity contribution in [2.45, 2.75) is 36.6 Å². The van der Waals surface area contributed by atoms with Crippen LogP contribution in [-0.2, 0) is 9.53 Å². The van der Waals surface area contributed by atoms with Crippen molar-refractivity contribution in [3.8, 4) is 0 Å². The molecule has 2 atom stereocenters. The summed E-state index contributed by atoms with van der Waals surface area (Å²) >= 11 is 31.4. The highest BCUT2D eigenvalue weighted by molar-refractivity contribution is 6.53. The van der Waals surface area contributed by atoms with E-state index in [1.54, 1.807) is 69.3 Å². The van der Waals surface area contributed by atoms with E-state index in [0.29, 0.717) is 32.7 Å². The third kappa shape index (κ3) is 7.33. The third-order valence-corrected chi connectivity index (χ3v) is 7.53. The maximum atomic E-state index is 13.1. The van der Waals surface area contributed by atoms with Crippen molar-refractivity contribution in [1.82, 2.24) is 0 Å². The number of benzene rings is 3. The summed E-state index contributed by atoms with van der Waals surface area (Å²) in [6.07, 6.45) is -0.628. The fourth-order valence-corrected chi connectivity index (χ4v) is 5.69. The molecule has 1 saturated carbocycles. The van der Waals surface area contributed by atoms with Crippen molar-refractivity contribution in [2.75, 3.05) is 16.0 Å². The van der Waals surface area contributed by atoms with Gasteiger partial charge in [-0.2, -0.15) is 0 Å². The van der Waals surface area contributed by atoms with E-state index in [1.165, 1.54) is 12.1 Å². The lowest BCUT2D eigenvalue weighted by molar-refractivity contribution is -0.117. The Balaban J connectivity index is 1.45. The summed E-state index contributed by atoms with van der Waals surface area (Å²) in [4.78, 5) is 38.2. The molecule has 3 amide bonds. The van der Waals surface area contributed by atoms with E-state index in [4.69, 9.17) is 62.7 Å². The molecule has 0 bridgehead atoms. The number of anilines is 3. The normalized spacial score (nSPS) is 17.5. The molecule has 0 saturated heterocycles. The van der Waals surface area contributed by atoms with Gasteiger partial charge in [0.2, 0.25) is 5.91 Å². The van der Waals surface area contributed by atoms with Crippen LogP contribution in [0.15, 0.2) is 60.7 Å². The molecule has 1 aliphatic carbocycles. The topological polar surface area (TPSA) is 96.5 Å².